The van der Waals surface area contributed by atoms with Crippen LogP contribution in [0.15, 0.2) is 16.7 Å². The Morgan fingerprint density at radius 1 is 1.38 bits per heavy atom. The van der Waals surface area contributed by atoms with Crippen molar-refractivity contribution in [2.45, 2.75) is 45.2 Å². The molecule has 2 atom stereocenters. The van der Waals surface area contributed by atoms with Crippen LogP contribution in [0.3, 0.4) is 0 Å². The minimum absolute atomic E-state index is 0.550. The van der Waals surface area contributed by atoms with Gasteiger partial charge in [-0.05, 0) is 55.1 Å². The Kier molecular flexibility index (Phi) is 3.75. The number of halogens is 2. The molecule has 2 rings (SSSR count). The summed E-state index contributed by atoms with van der Waals surface area (Å²) in [6, 6.07) is 3.01. The number of hydrogen-bond donors (Lipinski definition) is 0. The molecule has 2 nitrogen and oxygen atoms in total. The van der Waals surface area contributed by atoms with Gasteiger partial charge in [0.05, 0.1) is 9.50 Å². The number of rotatable bonds is 1. The van der Waals surface area contributed by atoms with E-state index in [4.69, 9.17) is 11.6 Å². The molecule has 0 aliphatic carbocycles. The van der Waals surface area contributed by atoms with E-state index in [9.17, 15) is 0 Å². The van der Waals surface area contributed by atoms with Gasteiger partial charge in [-0.2, -0.15) is 0 Å². The van der Waals surface area contributed by atoms with E-state index >= 15 is 0 Å². The summed E-state index contributed by atoms with van der Waals surface area (Å²) in [4.78, 5) is 6.84. The molecule has 1 aromatic heterocycles. The van der Waals surface area contributed by atoms with Gasteiger partial charge in [0, 0.05) is 18.3 Å². The Labute approximate surface area is 110 Å². The first-order valence-corrected chi connectivity index (χ1v) is 6.86. The lowest BCUT2D eigenvalue weighted by Crippen LogP contribution is -2.44. The molecule has 16 heavy (non-hydrogen) atoms. The summed E-state index contributed by atoms with van der Waals surface area (Å²) in [6.45, 7) is 4.52. The molecule has 88 valence electrons. The van der Waals surface area contributed by atoms with Crippen LogP contribution in [-0.2, 0) is 0 Å². The predicted molar refractivity (Wildman–Crippen MR) is 72.2 cm³/mol. The molecular formula is C12H16BrClN2. The molecule has 4 heteroatoms. The Bertz CT molecular complexity index is 373. The molecule has 1 aromatic rings. The van der Waals surface area contributed by atoms with Crippen molar-refractivity contribution in [3.05, 3.63) is 21.8 Å². The van der Waals surface area contributed by atoms with Crippen molar-refractivity contribution in [1.82, 2.24) is 4.98 Å². The molecule has 0 saturated carbocycles. The minimum atomic E-state index is 0.550. The fourth-order valence-electron chi connectivity index (χ4n) is 2.44. The molecule has 1 fully saturated rings. The summed E-state index contributed by atoms with van der Waals surface area (Å²) in [5, 5.41) is 0.674. The van der Waals surface area contributed by atoms with E-state index in [1.54, 1.807) is 6.20 Å². The van der Waals surface area contributed by atoms with Crippen LogP contribution in [0.25, 0.3) is 0 Å². The number of aromatic nitrogens is 1. The van der Waals surface area contributed by atoms with Crippen molar-refractivity contribution in [3.63, 3.8) is 0 Å². The highest BCUT2D eigenvalue weighted by Gasteiger charge is 2.27. The van der Waals surface area contributed by atoms with Crippen molar-refractivity contribution in [3.8, 4) is 0 Å². The van der Waals surface area contributed by atoms with Crippen LogP contribution < -0.4 is 4.90 Å². The molecule has 0 N–H and O–H groups in total. The highest BCUT2D eigenvalue weighted by atomic mass is 79.9. The first-order valence-electron chi connectivity index (χ1n) is 5.69. The summed E-state index contributed by atoms with van der Waals surface area (Å²) in [6.07, 6.45) is 5.50. The van der Waals surface area contributed by atoms with Gasteiger partial charge in [0.25, 0.3) is 0 Å². The monoisotopic (exact) mass is 302 g/mol. The second kappa shape index (κ2) is 4.92. The lowest BCUT2D eigenvalue weighted by molar-refractivity contribution is 0.410. The average Bonchev–Trinajstić information content (AvgIpc) is 2.20. The van der Waals surface area contributed by atoms with Crippen LogP contribution in [0.4, 0.5) is 5.82 Å². The van der Waals surface area contributed by atoms with Gasteiger partial charge in [-0.1, -0.05) is 11.6 Å². The summed E-state index contributed by atoms with van der Waals surface area (Å²) < 4.78 is 0.987. The van der Waals surface area contributed by atoms with Crippen molar-refractivity contribution in [1.29, 1.82) is 0 Å². The molecule has 0 radical (unpaired) electrons. The zero-order valence-corrected chi connectivity index (χ0v) is 11.9. The van der Waals surface area contributed by atoms with E-state index in [0.29, 0.717) is 17.1 Å². The molecule has 2 unspecified atom stereocenters. The molecule has 1 saturated heterocycles. The van der Waals surface area contributed by atoms with Gasteiger partial charge in [-0.25, -0.2) is 4.98 Å². The molecule has 0 aromatic carbocycles. The van der Waals surface area contributed by atoms with Crippen molar-refractivity contribution >= 4 is 33.3 Å². The van der Waals surface area contributed by atoms with E-state index in [0.717, 1.165) is 10.3 Å². The smallest absolute Gasteiger partial charge is 0.143 e. The third-order valence-corrected chi connectivity index (χ3v) is 4.02. The van der Waals surface area contributed by atoms with Crippen molar-refractivity contribution in [2.75, 3.05) is 4.90 Å². The lowest BCUT2D eigenvalue weighted by Gasteiger charge is -2.40. The second-order valence-corrected chi connectivity index (χ2v) is 5.79. The molecular weight excluding hydrogens is 288 g/mol. The van der Waals surface area contributed by atoms with Gasteiger partial charge >= 0.3 is 0 Å². The first-order chi connectivity index (χ1) is 7.59. The lowest BCUT2D eigenvalue weighted by atomic mass is 9.97. The SMILES string of the molecule is CC1CCCC(C)N1c1ncc(Cl)cc1Br. The quantitative estimate of drug-likeness (QED) is 0.770. The molecule has 1 aliphatic heterocycles. The van der Waals surface area contributed by atoms with Gasteiger partial charge in [0.15, 0.2) is 0 Å². The van der Waals surface area contributed by atoms with Gasteiger partial charge in [0.2, 0.25) is 0 Å². The highest BCUT2D eigenvalue weighted by Crippen LogP contribution is 2.33. The van der Waals surface area contributed by atoms with Crippen LogP contribution in [0.5, 0.6) is 0 Å². The van der Waals surface area contributed by atoms with E-state index in [1.807, 2.05) is 6.07 Å². The van der Waals surface area contributed by atoms with E-state index in [-0.39, 0.29) is 0 Å². The topological polar surface area (TPSA) is 16.1 Å². The number of nitrogens with zero attached hydrogens (tertiary/aromatic N) is 2. The Morgan fingerprint density at radius 2 is 2.00 bits per heavy atom. The van der Waals surface area contributed by atoms with Crippen LogP contribution >= 0.6 is 27.5 Å². The van der Waals surface area contributed by atoms with Crippen molar-refractivity contribution < 1.29 is 0 Å². The Morgan fingerprint density at radius 3 is 2.56 bits per heavy atom. The molecule has 0 amide bonds. The van der Waals surface area contributed by atoms with Gasteiger partial charge in [-0.15, -0.1) is 0 Å². The largest absolute Gasteiger partial charge is 0.350 e. The van der Waals surface area contributed by atoms with Crippen LogP contribution in [0.1, 0.15) is 33.1 Å². The van der Waals surface area contributed by atoms with E-state index < -0.39 is 0 Å². The minimum Gasteiger partial charge on any atom is -0.350 e. The summed E-state index contributed by atoms with van der Waals surface area (Å²) in [5.74, 6) is 1.02. The van der Waals surface area contributed by atoms with Crippen LogP contribution in [0.2, 0.25) is 5.02 Å². The molecule has 2 heterocycles. The zero-order valence-electron chi connectivity index (χ0n) is 9.58. The zero-order chi connectivity index (χ0) is 11.7. The normalized spacial score (nSPS) is 25.9. The van der Waals surface area contributed by atoms with Gasteiger partial charge in [-0.3, -0.25) is 0 Å². The first kappa shape index (κ1) is 12.2. The average molecular weight is 304 g/mol. The maximum absolute atomic E-state index is 5.92. The predicted octanol–water partition coefficient (Wildman–Crippen LogP) is 4.26. The number of anilines is 1. The second-order valence-electron chi connectivity index (χ2n) is 4.50. The summed E-state index contributed by atoms with van der Waals surface area (Å²) in [5.41, 5.74) is 0. The number of hydrogen-bond acceptors (Lipinski definition) is 2. The standard InChI is InChI=1S/C12H16BrClN2/c1-8-4-3-5-9(2)16(8)12-11(13)6-10(14)7-15-12/h6-9H,3-5H2,1-2H3. The maximum Gasteiger partial charge on any atom is 0.143 e. The molecule has 0 spiro atoms. The highest BCUT2D eigenvalue weighted by molar-refractivity contribution is 9.10. The van der Waals surface area contributed by atoms with E-state index in [2.05, 4.69) is 39.7 Å². The summed E-state index contributed by atoms with van der Waals surface area (Å²) in [7, 11) is 0. The third-order valence-electron chi connectivity index (χ3n) is 3.23. The van der Waals surface area contributed by atoms with Gasteiger partial charge < -0.3 is 4.90 Å². The fourth-order valence-corrected chi connectivity index (χ4v) is 3.28. The fraction of sp³-hybridized carbons (Fsp3) is 0.583. The molecule has 0 bridgehead atoms. The Balaban J connectivity index is 2.34. The van der Waals surface area contributed by atoms with Gasteiger partial charge in [0.1, 0.15) is 5.82 Å². The maximum atomic E-state index is 5.92. The van der Waals surface area contributed by atoms with Crippen molar-refractivity contribution in [2.24, 2.45) is 0 Å². The summed E-state index contributed by atoms with van der Waals surface area (Å²) >= 11 is 9.47. The third kappa shape index (κ3) is 2.35. The Hall–Kier alpha value is -0.280. The molecule has 1 aliphatic rings. The van der Waals surface area contributed by atoms with Crippen LogP contribution in [-0.4, -0.2) is 17.1 Å². The number of piperidine rings is 1. The van der Waals surface area contributed by atoms with E-state index in [1.165, 1.54) is 19.3 Å². The number of pyridine rings is 1. The van der Waals surface area contributed by atoms with Crippen LogP contribution in [0, 0.1) is 0 Å².